The maximum Gasteiger partial charge on any atom is 0.266 e. The van der Waals surface area contributed by atoms with Crippen LogP contribution in [0.2, 0.25) is 0 Å². The Hall–Kier alpha value is -0.660. The maximum atomic E-state index is 12.2. The van der Waals surface area contributed by atoms with Gasteiger partial charge < -0.3 is 10.4 Å². The SMILES string of the molecule is C[C@H](CCC(=O)NCCS(=O)(=O)O)[C@H]1CC[C@@H]2[C@H]3CC[C@@H]4C[C@H](O)CC[C@]4(C)[C@H]3CC[C@@]21C. The summed E-state index contributed by atoms with van der Waals surface area (Å²) >= 11 is 0. The van der Waals surface area contributed by atoms with Gasteiger partial charge in [-0.2, -0.15) is 8.42 Å². The van der Waals surface area contributed by atoms with Crippen LogP contribution in [0.1, 0.15) is 91.4 Å². The molecule has 0 aromatic rings. The first-order chi connectivity index (χ1) is 15.4. The minimum absolute atomic E-state index is 0.0326. The Morgan fingerprint density at radius 2 is 1.73 bits per heavy atom. The van der Waals surface area contributed by atoms with Gasteiger partial charge in [-0.3, -0.25) is 9.35 Å². The van der Waals surface area contributed by atoms with E-state index in [1.54, 1.807) is 0 Å². The highest BCUT2D eigenvalue weighted by molar-refractivity contribution is 7.85. The molecule has 4 rings (SSSR count). The van der Waals surface area contributed by atoms with Crippen LogP contribution in [0.4, 0.5) is 0 Å². The molecule has 0 spiro atoms. The summed E-state index contributed by atoms with van der Waals surface area (Å²) in [4.78, 5) is 12.2. The van der Waals surface area contributed by atoms with Crippen molar-refractivity contribution in [2.75, 3.05) is 12.3 Å². The summed E-state index contributed by atoms with van der Waals surface area (Å²) in [5.74, 6) is 3.68. The van der Waals surface area contributed by atoms with Crippen molar-refractivity contribution in [3.8, 4) is 0 Å². The van der Waals surface area contributed by atoms with Crippen molar-refractivity contribution in [1.82, 2.24) is 5.32 Å². The fraction of sp³-hybridized carbons (Fsp3) is 0.962. The third-order valence-corrected chi connectivity index (χ3v) is 11.6. The molecule has 0 radical (unpaired) electrons. The van der Waals surface area contributed by atoms with E-state index in [-0.39, 0.29) is 18.6 Å². The van der Waals surface area contributed by atoms with Crippen molar-refractivity contribution in [2.45, 2.75) is 97.5 Å². The maximum absolute atomic E-state index is 12.2. The summed E-state index contributed by atoms with van der Waals surface area (Å²) in [7, 11) is -4.04. The summed E-state index contributed by atoms with van der Waals surface area (Å²) in [5.41, 5.74) is 0.771. The van der Waals surface area contributed by atoms with E-state index in [0.717, 1.165) is 37.0 Å². The van der Waals surface area contributed by atoms with Crippen LogP contribution in [0, 0.1) is 46.3 Å². The van der Waals surface area contributed by atoms with Gasteiger partial charge in [0.25, 0.3) is 10.1 Å². The van der Waals surface area contributed by atoms with E-state index >= 15 is 0 Å². The fourth-order valence-electron chi connectivity index (χ4n) is 9.18. The molecule has 4 fully saturated rings. The molecule has 3 N–H and O–H groups in total. The predicted octanol–water partition coefficient (Wildman–Crippen LogP) is 4.43. The van der Waals surface area contributed by atoms with Crippen molar-refractivity contribution < 1.29 is 22.9 Å². The minimum Gasteiger partial charge on any atom is -0.393 e. The molecule has 6 nitrogen and oxygen atoms in total. The molecular weight excluding hydrogens is 438 g/mol. The van der Waals surface area contributed by atoms with Gasteiger partial charge in [0.05, 0.1) is 11.9 Å². The molecule has 0 unspecified atom stereocenters. The molecule has 0 aliphatic heterocycles. The van der Waals surface area contributed by atoms with Gasteiger partial charge in [-0.15, -0.1) is 0 Å². The van der Waals surface area contributed by atoms with E-state index < -0.39 is 15.9 Å². The number of nitrogens with one attached hydrogen (secondary N) is 1. The molecule has 7 heteroatoms. The summed E-state index contributed by atoms with van der Waals surface area (Å²) in [5, 5.41) is 12.9. The summed E-state index contributed by atoms with van der Waals surface area (Å²) in [6, 6.07) is 0. The number of aliphatic hydroxyl groups is 1. The number of hydrogen-bond acceptors (Lipinski definition) is 4. The van der Waals surface area contributed by atoms with E-state index in [9.17, 15) is 18.3 Å². The Bertz CT molecular complexity index is 831. The zero-order chi connectivity index (χ0) is 24.0. The lowest BCUT2D eigenvalue weighted by molar-refractivity contribution is -0.129. The topological polar surface area (TPSA) is 104 Å². The Kier molecular flexibility index (Phi) is 7.26. The van der Waals surface area contributed by atoms with Gasteiger partial charge in [0.1, 0.15) is 0 Å². The van der Waals surface area contributed by atoms with Gasteiger partial charge in [-0.25, -0.2) is 0 Å². The van der Waals surface area contributed by atoms with Gasteiger partial charge in [-0.05, 0) is 111 Å². The average Bonchev–Trinajstić information content (AvgIpc) is 3.09. The second-order valence-corrected chi connectivity index (χ2v) is 14.0. The highest BCUT2D eigenvalue weighted by atomic mass is 32.2. The number of rotatable bonds is 7. The van der Waals surface area contributed by atoms with Gasteiger partial charge in [0.2, 0.25) is 5.91 Å². The third kappa shape index (κ3) is 5.02. The predicted molar refractivity (Wildman–Crippen MR) is 129 cm³/mol. The number of aliphatic hydroxyl groups excluding tert-OH is 1. The second kappa shape index (κ2) is 9.42. The molecule has 4 aliphatic carbocycles. The van der Waals surface area contributed by atoms with Gasteiger partial charge in [0, 0.05) is 13.0 Å². The van der Waals surface area contributed by atoms with E-state index in [4.69, 9.17) is 4.55 Å². The smallest absolute Gasteiger partial charge is 0.266 e. The number of carbonyl (C=O) groups excluding carboxylic acids is 1. The van der Waals surface area contributed by atoms with Crippen molar-refractivity contribution >= 4 is 16.0 Å². The van der Waals surface area contributed by atoms with E-state index in [2.05, 4.69) is 26.1 Å². The standard InChI is InChI=1S/C26H45NO5S/c1-17(4-9-24(29)27-14-15-33(30,31)32)21-7-8-22-20-6-5-18-16-19(28)10-12-25(18,2)23(20)11-13-26(21,22)3/h17-23,28H,4-16H2,1-3H3,(H,27,29)(H,30,31,32)/t17-,18-,19-,20-,21-,22-,23+,25+,26-/m1/s1. The van der Waals surface area contributed by atoms with Crippen LogP contribution in [-0.2, 0) is 14.9 Å². The number of amides is 1. The second-order valence-electron chi connectivity index (χ2n) is 12.5. The number of hydrogen-bond donors (Lipinski definition) is 3. The largest absolute Gasteiger partial charge is 0.393 e. The van der Waals surface area contributed by atoms with Gasteiger partial charge in [0.15, 0.2) is 0 Å². The van der Waals surface area contributed by atoms with Crippen LogP contribution < -0.4 is 5.32 Å². The first kappa shape index (κ1) is 25.4. The normalized spacial score (nSPS) is 43.8. The average molecular weight is 484 g/mol. The molecule has 4 saturated carbocycles. The van der Waals surface area contributed by atoms with Crippen molar-refractivity contribution in [3.63, 3.8) is 0 Å². The Morgan fingerprint density at radius 3 is 2.45 bits per heavy atom. The monoisotopic (exact) mass is 483 g/mol. The Labute approximate surface area is 200 Å². The quantitative estimate of drug-likeness (QED) is 0.465. The summed E-state index contributed by atoms with van der Waals surface area (Å²) < 4.78 is 30.5. The van der Waals surface area contributed by atoms with Crippen molar-refractivity contribution in [3.05, 3.63) is 0 Å². The van der Waals surface area contributed by atoms with Crippen LogP contribution >= 0.6 is 0 Å². The van der Waals surface area contributed by atoms with Gasteiger partial charge in [-0.1, -0.05) is 20.8 Å². The molecule has 0 aromatic heterocycles. The molecule has 0 heterocycles. The first-order valence-corrected chi connectivity index (χ1v) is 14.9. The van der Waals surface area contributed by atoms with Crippen LogP contribution in [0.3, 0.4) is 0 Å². The lowest BCUT2D eigenvalue weighted by Crippen LogP contribution is -2.54. The minimum atomic E-state index is -4.04. The zero-order valence-electron chi connectivity index (χ0n) is 20.8. The Morgan fingerprint density at radius 1 is 1.03 bits per heavy atom. The number of carbonyl (C=O) groups is 1. The van der Waals surface area contributed by atoms with Crippen LogP contribution in [0.15, 0.2) is 0 Å². The molecule has 33 heavy (non-hydrogen) atoms. The molecular formula is C26H45NO5S. The molecule has 190 valence electrons. The first-order valence-electron chi connectivity index (χ1n) is 13.3. The molecule has 9 atom stereocenters. The summed E-state index contributed by atoms with van der Waals surface area (Å²) in [6.07, 6.45) is 12.1. The highest BCUT2D eigenvalue weighted by Gasteiger charge is 2.60. The fourth-order valence-corrected chi connectivity index (χ4v) is 9.54. The van der Waals surface area contributed by atoms with E-state index in [0.29, 0.717) is 35.0 Å². The lowest BCUT2D eigenvalue weighted by atomic mass is 9.44. The van der Waals surface area contributed by atoms with Crippen LogP contribution in [-0.4, -0.2) is 42.4 Å². The van der Waals surface area contributed by atoms with E-state index in [1.807, 2.05) is 0 Å². The van der Waals surface area contributed by atoms with Crippen molar-refractivity contribution in [2.24, 2.45) is 46.3 Å². The third-order valence-electron chi connectivity index (χ3n) is 10.9. The Balaban J connectivity index is 1.35. The lowest BCUT2D eigenvalue weighted by Gasteiger charge is -2.61. The molecule has 4 aliphatic rings. The van der Waals surface area contributed by atoms with Crippen LogP contribution in [0.25, 0.3) is 0 Å². The van der Waals surface area contributed by atoms with Crippen molar-refractivity contribution in [1.29, 1.82) is 0 Å². The molecule has 0 aromatic carbocycles. The number of fused-ring (bicyclic) bond motifs is 5. The van der Waals surface area contributed by atoms with Gasteiger partial charge >= 0.3 is 0 Å². The summed E-state index contributed by atoms with van der Waals surface area (Å²) in [6.45, 7) is 7.34. The molecule has 0 bridgehead atoms. The highest BCUT2D eigenvalue weighted by Crippen LogP contribution is 2.68. The van der Waals surface area contributed by atoms with Crippen LogP contribution in [0.5, 0.6) is 0 Å². The zero-order valence-corrected chi connectivity index (χ0v) is 21.6. The molecule has 0 saturated heterocycles. The molecule has 1 amide bonds. The van der Waals surface area contributed by atoms with E-state index in [1.165, 1.54) is 44.9 Å².